The molecule has 2 heteroatoms. The van der Waals surface area contributed by atoms with Crippen LogP contribution in [0, 0.1) is 0 Å². The molecular formula is C54H38N2. The molecule has 0 saturated heterocycles. The summed E-state index contributed by atoms with van der Waals surface area (Å²) in [4.78, 5) is 4.67. The van der Waals surface area contributed by atoms with Crippen LogP contribution in [0.3, 0.4) is 0 Å². The number of para-hydroxylation sites is 2. The summed E-state index contributed by atoms with van der Waals surface area (Å²) in [7, 11) is 0. The molecule has 2 nitrogen and oxygen atoms in total. The van der Waals surface area contributed by atoms with E-state index in [1.165, 1.54) is 54.6 Å². The lowest BCUT2D eigenvalue weighted by atomic mass is 9.86. The molecule has 0 atom stereocenters. The van der Waals surface area contributed by atoms with Crippen LogP contribution in [0.15, 0.2) is 231 Å². The molecule has 10 aromatic carbocycles. The molecule has 0 aromatic heterocycles. The molecule has 56 heavy (non-hydrogen) atoms. The molecule has 0 fully saturated rings. The molecule has 10 aromatic rings. The van der Waals surface area contributed by atoms with Crippen molar-refractivity contribution in [3.63, 3.8) is 0 Å². The summed E-state index contributed by atoms with van der Waals surface area (Å²) >= 11 is 0. The number of anilines is 6. The first-order chi connectivity index (χ1) is 27.8. The van der Waals surface area contributed by atoms with Crippen molar-refractivity contribution in [1.82, 2.24) is 0 Å². The second-order valence-corrected chi connectivity index (χ2v) is 14.1. The molecule has 0 amide bonds. The van der Waals surface area contributed by atoms with Crippen LogP contribution in [-0.4, -0.2) is 0 Å². The molecule has 0 heterocycles. The Labute approximate surface area is 327 Å². The number of rotatable bonds is 8. The van der Waals surface area contributed by atoms with E-state index in [0.717, 1.165) is 34.1 Å². The van der Waals surface area contributed by atoms with Gasteiger partial charge in [-0.3, -0.25) is 0 Å². The van der Waals surface area contributed by atoms with Gasteiger partial charge < -0.3 is 9.80 Å². The van der Waals surface area contributed by atoms with Gasteiger partial charge in [0.2, 0.25) is 0 Å². The lowest BCUT2D eigenvalue weighted by Crippen LogP contribution is -2.12. The van der Waals surface area contributed by atoms with E-state index in [1.807, 2.05) is 0 Å². The van der Waals surface area contributed by atoms with E-state index in [2.05, 4.69) is 240 Å². The molecule has 0 aliphatic carbocycles. The minimum Gasteiger partial charge on any atom is -0.311 e. The standard InChI is InChI=1S/C54H38N2/c1-4-17-40(18-5-1)53-49-24-12-14-26-51(49)54(52-27-15-13-25-50(52)53)41-29-31-45(32-30-41)55(43-20-6-2-7-21-43)46-34-36-47(37-35-46)56(44-22-8-3-9-23-44)48-33-28-39-16-10-11-19-42(39)38-48/h1-38H. The molecule has 0 N–H and O–H groups in total. The predicted molar refractivity (Wildman–Crippen MR) is 239 cm³/mol. The molecule has 0 spiro atoms. The maximum atomic E-state index is 2.34. The highest BCUT2D eigenvalue weighted by Gasteiger charge is 2.19. The van der Waals surface area contributed by atoms with Crippen molar-refractivity contribution in [3.8, 4) is 22.3 Å². The van der Waals surface area contributed by atoms with Crippen molar-refractivity contribution in [3.05, 3.63) is 231 Å². The van der Waals surface area contributed by atoms with Crippen LogP contribution in [0.25, 0.3) is 54.6 Å². The molecule has 10 rings (SSSR count). The highest BCUT2D eigenvalue weighted by atomic mass is 15.2. The SMILES string of the molecule is c1ccc(-c2c3ccccc3c(-c3ccc(N(c4ccccc4)c4ccc(N(c5ccccc5)c5ccc6ccccc6c5)cc4)cc3)c3ccccc23)cc1. The van der Waals surface area contributed by atoms with E-state index in [-0.39, 0.29) is 0 Å². The zero-order chi connectivity index (χ0) is 37.3. The maximum absolute atomic E-state index is 2.34. The summed E-state index contributed by atoms with van der Waals surface area (Å²) in [6, 6.07) is 83.0. The summed E-state index contributed by atoms with van der Waals surface area (Å²) < 4.78 is 0. The minimum atomic E-state index is 1.09. The first kappa shape index (κ1) is 33.2. The summed E-state index contributed by atoms with van der Waals surface area (Å²) in [5.74, 6) is 0. The Balaban J connectivity index is 1.07. The third kappa shape index (κ3) is 6.04. The van der Waals surface area contributed by atoms with Crippen molar-refractivity contribution in [2.24, 2.45) is 0 Å². The van der Waals surface area contributed by atoms with Crippen molar-refractivity contribution in [2.75, 3.05) is 9.80 Å². The lowest BCUT2D eigenvalue weighted by Gasteiger charge is -2.28. The Morgan fingerprint density at radius 1 is 0.214 bits per heavy atom. The molecule has 0 aliphatic rings. The van der Waals surface area contributed by atoms with Crippen molar-refractivity contribution < 1.29 is 0 Å². The molecule has 0 bridgehead atoms. The van der Waals surface area contributed by atoms with Gasteiger partial charge in [-0.25, -0.2) is 0 Å². The van der Waals surface area contributed by atoms with Gasteiger partial charge in [-0.05, 0) is 127 Å². The van der Waals surface area contributed by atoms with Gasteiger partial charge in [0.25, 0.3) is 0 Å². The van der Waals surface area contributed by atoms with Gasteiger partial charge in [-0.2, -0.15) is 0 Å². The third-order valence-corrected chi connectivity index (χ3v) is 10.8. The molecule has 0 unspecified atom stereocenters. The lowest BCUT2D eigenvalue weighted by molar-refractivity contribution is 1.26. The monoisotopic (exact) mass is 714 g/mol. The third-order valence-electron chi connectivity index (χ3n) is 10.8. The molecular weight excluding hydrogens is 677 g/mol. The Kier molecular flexibility index (Phi) is 8.55. The fourth-order valence-electron chi connectivity index (χ4n) is 8.25. The highest BCUT2D eigenvalue weighted by Crippen LogP contribution is 2.45. The van der Waals surface area contributed by atoms with Crippen molar-refractivity contribution in [1.29, 1.82) is 0 Å². The normalized spacial score (nSPS) is 11.2. The van der Waals surface area contributed by atoms with Crippen LogP contribution in [0.5, 0.6) is 0 Å². The Hall–Kier alpha value is -7.42. The van der Waals surface area contributed by atoms with Gasteiger partial charge in [-0.1, -0.05) is 158 Å². The first-order valence-corrected chi connectivity index (χ1v) is 19.2. The maximum Gasteiger partial charge on any atom is 0.0468 e. The average Bonchev–Trinajstić information content (AvgIpc) is 3.27. The fraction of sp³-hybridized carbons (Fsp3) is 0. The summed E-state index contributed by atoms with van der Waals surface area (Å²) in [6.45, 7) is 0. The van der Waals surface area contributed by atoms with E-state index in [1.54, 1.807) is 0 Å². The Morgan fingerprint density at radius 3 is 1.02 bits per heavy atom. The topological polar surface area (TPSA) is 6.48 Å². The smallest absolute Gasteiger partial charge is 0.0468 e. The average molecular weight is 715 g/mol. The number of hydrogen-bond acceptors (Lipinski definition) is 2. The molecule has 0 radical (unpaired) electrons. The Morgan fingerprint density at radius 2 is 0.536 bits per heavy atom. The van der Waals surface area contributed by atoms with Crippen LogP contribution in [0.4, 0.5) is 34.1 Å². The van der Waals surface area contributed by atoms with Crippen LogP contribution >= 0.6 is 0 Å². The van der Waals surface area contributed by atoms with Gasteiger partial charge in [-0.15, -0.1) is 0 Å². The zero-order valence-corrected chi connectivity index (χ0v) is 30.8. The number of benzene rings is 10. The Bertz CT molecular complexity index is 2880. The second-order valence-electron chi connectivity index (χ2n) is 14.1. The molecule has 264 valence electrons. The van der Waals surface area contributed by atoms with E-state index < -0.39 is 0 Å². The fourth-order valence-corrected chi connectivity index (χ4v) is 8.25. The van der Waals surface area contributed by atoms with Crippen molar-refractivity contribution >= 4 is 66.4 Å². The first-order valence-electron chi connectivity index (χ1n) is 19.2. The van der Waals surface area contributed by atoms with Crippen molar-refractivity contribution in [2.45, 2.75) is 0 Å². The molecule has 0 aliphatic heterocycles. The number of fused-ring (bicyclic) bond motifs is 3. The predicted octanol–water partition coefficient (Wildman–Crippen LogP) is 15.4. The van der Waals surface area contributed by atoms with E-state index >= 15 is 0 Å². The van der Waals surface area contributed by atoms with E-state index in [9.17, 15) is 0 Å². The van der Waals surface area contributed by atoms with Crippen LogP contribution in [-0.2, 0) is 0 Å². The summed E-state index contributed by atoms with van der Waals surface area (Å²) in [6.07, 6.45) is 0. The van der Waals surface area contributed by atoms with Crippen LogP contribution < -0.4 is 9.80 Å². The summed E-state index contributed by atoms with van der Waals surface area (Å²) in [5, 5.41) is 7.47. The summed E-state index contributed by atoms with van der Waals surface area (Å²) in [5.41, 5.74) is 11.6. The zero-order valence-electron chi connectivity index (χ0n) is 30.8. The highest BCUT2D eigenvalue weighted by molar-refractivity contribution is 6.21. The van der Waals surface area contributed by atoms with Gasteiger partial charge in [0.1, 0.15) is 0 Å². The number of nitrogens with zero attached hydrogens (tertiary/aromatic N) is 2. The second kappa shape index (κ2) is 14.4. The van der Waals surface area contributed by atoms with Gasteiger partial charge >= 0.3 is 0 Å². The van der Waals surface area contributed by atoms with Gasteiger partial charge in [0.15, 0.2) is 0 Å². The van der Waals surface area contributed by atoms with Gasteiger partial charge in [0.05, 0.1) is 0 Å². The van der Waals surface area contributed by atoms with Crippen LogP contribution in [0.1, 0.15) is 0 Å². The van der Waals surface area contributed by atoms with E-state index in [0.29, 0.717) is 0 Å². The van der Waals surface area contributed by atoms with E-state index in [4.69, 9.17) is 0 Å². The largest absolute Gasteiger partial charge is 0.311 e. The molecule has 0 saturated carbocycles. The van der Waals surface area contributed by atoms with Crippen LogP contribution in [0.2, 0.25) is 0 Å². The van der Waals surface area contributed by atoms with Gasteiger partial charge in [0, 0.05) is 34.1 Å². The quantitative estimate of drug-likeness (QED) is 0.145. The number of hydrogen-bond donors (Lipinski definition) is 0. The minimum absolute atomic E-state index is 1.09.